The van der Waals surface area contributed by atoms with Crippen molar-refractivity contribution in [3.05, 3.63) is 64.4 Å². The molecule has 158 valence electrons. The molecule has 3 aromatic rings. The Morgan fingerprint density at radius 2 is 1.83 bits per heavy atom. The number of amides is 1. The number of hydrogen-bond donors (Lipinski definition) is 0. The van der Waals surface area contributed by atoms with Gasteiger partial charge in [0.1, 0.15) is 5.69 Å². The van der Waals surface area contributed by atoms with Gasteiger partial charge in [-0.25, -0.2) is 9.67 Å². The zero-order valence-corrected chi connectivity index (χ0v) is 17.1. The van der Waals surface area contributed by atoms with E-state index in [0.29, 0.717) is 13.1 Å². The maximum atomic E-state index is 13.2. The minimum absolute atomic E-state index is 0.0292. The fourth-order valence-electron chi connectivity index (χ4n) is 3.42. The van der Waals surface area contributed by atoms with Gasteiger partial charge in [-0.3, -0.25) is 9.69 Å². The van der Waals surface area contributed by atoms with Crippen LogP contribution in [0.5, 0.6) is 0 Å². The molecular weight excluding hydrogens is 415 g/mol. The quantitative estimate of drug-likeness (QED) is 0.628. The number of alkyl halides is 3. The number of benzene rings is 1. The van der Waals surface area contributed by atoms with Crippen molar-refractivity contribution >= 4 is 17.2 Å². The van der Waals surface area contributed by atoms with Crippen LogP contribution >= 0.6 is 11.3 Å². The van der Waals surface area contributed by atoms with E-state index >= 15 is 0 Å². The van der Waals surface area contributed by atoms with Crippen LogP contribution in [0.15, 0.2) is 41.8 Å². The summed E-state index contributed by atoms with van der Waals surface area (Å²) in [6, 6.07) is 11.1. The molecule has 0 atom stereocenters. The van der Waals surface area contributed by atoms with Crippen LogP contribution in [0.25, 0.3) is 5.13 Å². The first-order valence-electron chi connectivity index (χ1n) is 9.46. The summed E-state index contributed by atoms with van der Waals surface area (Å²) in [5.74, 6) is -0.269. The first-order valence-corrected chi connectivity index (χ1v) is 10.3. The molecule has 1 amide bonds. The van der Waals surface area contributed by atoms with Crippen molar-refractivity contribution in [2.45, 2.75) is 19.6 Å². The molecule has 2 aromatic heterocycles. The molecule has 0 unspecified atom stereocenters. The summed E-state index contributed by atoms with van der Waals surface area (Å²) in [7, 11) is 0. The van der Waals surface area contributed by atoms with Gasteiger partial charge in [0.15, 0.2) is 5.69 Å². The topological polar surface area (TPSA) is 54.3 Å². The molecule has 1 aliphatic rings. The molecule has 1 saturated heterocycles. The Balaban J connectivity index is 1.42. The molecule has 4 rings (SSSR count). The van der Waals surface area contributed by atoms with Crippen LogP contribution in [0.4, 0.5) is 13.2 Å². The SMILES string of the molecule is Cc1cc(C(F)(F)F)n(-c2nc(C(=O)N3CCN(Cc4ccccc4)CC3)cs2)n1. The zero-order valence-electron chi connectivity index (χ0n) is 16.3. The summed E-state index contributed by atoms with van der Waals surface area (Å²) >= 11 is 0.972. The molecule has 6 nitrogen and oxygen atoms in total. The smallest absolute Gasteiger partial charge is 0.335 e. The van der Waals surface area contributed by atoms with E-state index in [1.807, 2.05) is 18.2 Å². The van der Waals surface area contributed by atoms with Crippen LogP contribution in [0.3, 0.4) is 0 Å². The third kappa shape index (κ3) is 4.39. The van der Waals surface area contributed by atoms with Gasteiger partial charge in [-0.05, 0) is 18.6 Å². The Morgan fingerprint density at radius 1 is 1.13 bits per heavy atom. The standard InChI is InChI=1S/C20H20F3N5OS/c1-14-11-17(20(21,22)23)28(25-14)19-24-16(13-30-19)18(29)27-9-7-26(8-10-27)12-15-5-3-2-4-6-15/h2-6,11,13H,7-10,12H2,1H3. The highest BCUT2D eigenvalue weighted by molar-refractivity contribution is 7.12. The van der Waals surface area contributed by atoms with E-state index in [-0.39, 0.29) is 22.4 Å². The van der Waals surface area contributed by atoms with Gasteiger partial charge >= 0.3 is 6.18 Å². The number of thiazole rings is 1. The molecule has 10 heteroatoms. The highest BCUT2D eigenvalue weighted by Gasteiger charge is 2.37. The number of carbonyl (C=O) groups is 1. The number of aryl methyl sites for hydroxylation is 1. The van der Waals surface area contributed by atoms with E-state index in [1.165, 1.54) is 17.9 Å². The maximum absolute atomic E-state index is 13.2. The minimum atomic E-state index is -4.55. The van der Waals surface area contributed by atoms with Crippen molar-refractivity contribution in [1.29, 1.82) is 0 Å². The molecule has 0 radical (unpaired) electrons. The molecular formula is C20H20F3N5OS. The molecule has 30 heavy (non-hydrogen) atoms. The molecule has 3 heterocycles. The van der Waals surface area contributed by atoms with Crippen molar-refractivity contribution in [3.63, 3.8) is 0 Å². The first-order chi connectivity index (χ1) is 14.3. The number of aromatic nitrogens is 3. The predicted molar refractivity (Wildman–Crippen MR) is 107 cm³/mol. The number of hydrogen-bond acceptors (Lipinski definition) is 5. The van der Waals surface area contributed by atoms with Gasteiger partial charge in [-0.1, -0.05) is 30.3 Å². The molecule has 1 fully saturated rings. The van der Waals surface area contributed by atoms with Crippen LogP contribution in [0.2, 0.25) is 0 Å². The third-order valence-corrected chi connectivity index (χ3v) is 5.74. The van der Waals surface area contributed by atoms with Crippen LogP contribution in [0, 0.1) is 6.92 Å². The fourth-order valence-corrected chi connectivity index (χ4v) is 4.18. The summed E-state index contributed by atoms with van der Waals surface area (Å²) in [4.78, 5) is 20.9. The lowest BCUT2D eigenvalue weighted by molar-refractivity contribution is -0.142. The van der Waals surface area contributed by atoms with E-state index in [1.54, 1.807) is 4.90 Å². The lowest BCUT2D eigenvalue weighted by atomic mass is 10.2. The Morgan fingerprint density at radius 3 is 2.50 bits per heavy atom. The second-order valence-electron chi connectivity index (χ2n) is 7.15. The number of halogens is 3. The average molecular weight is 435 g/mol. The zero-order chi connectivity index (χ0) is 21.3. The second kappa shape index (κ2) is 8.19. The summed E-state index contributed by atoms with van der Waals surface area (Å²) in [5, 5.41) is 5.42. The Kier molecular flexibility index (Phi) is 5.61. The average Bonchev–Trinajstić information content (AvgIpc) is 3.35. The van der Waals surface area contributed by atoms with Crippen molar-refractivity contribution in [2.75, 3.05) is 26.2 Å². The van der Waals surface area contributed by atoms with E-state index < -0.39 is 11.9 Å². The number of rotatable bonds is 4. The lowest BCUT2D eigenvalue weighted by Gasteiger charge is -2.34. The van der Waals surface area contributed by atoms with Crippen LogP contribution in [0.1, 0.15) is 27.4 Å². The fraction of sp³-hybridized carbons (Fsp3) is 0.350. The molecule has 0 bridgehead atoms. The van der Waals surface area contributed by atoms with Gasteiger partial charge in [0.25, 0.3) is 5.91 Å². The van der Waals surface area contributed by atoms with Crippen molar-refractivity contribution in [3.8, 4) is 5.13 Å². The Hall–Kier alpha value is -2.72. The van der Waals surface area contributed by atoms with Crippen molar-refractivity contribution in [1.82, 2.24) is 24.6 Å². The van der Waals surface area contributed by atoms with E-state index in [4.69, 9.17) is 0 Å². The summed E-state index contributed by atoms with van der Waals surface area (Å²) in [5.41, 5.74) is 0.701. The predicted octanol–water partition coefficient (Wildman–Crippen LogP) is 3.61. The molecule has 1 aromatic carbocycles. The minimum Gasteiger partial charge on any atom is -0.335 e. The van der Waals surface area contributed by atoms with Gasteiger partial charge in [-0.2, -0.15) is 18.3 Å². The van der Waals surface area contributed by atoms with E-state index in [2.05, 4.69) is 27.1 Å². The van der Waals surface area contributed by atoms with E-state index in [9.17, 15) is 18.0 Å². The lowest BCUT2D eigenvalue weighted by Crippen LogP contribution is -2.48. The van der Waals surface area contributed by atoms with Gasteiger partial charge in [-0.15, -0.1) is 11.3 Å². The Bertz CT molecular complexity index is 1020. The highest BCUT2D eigenvalue weighted by atomic mass is 32.1. The number of carbonyl (C=O) groups excluding carboxylic acids is 1. The van der Waals surface area contributed by atoms with Crippen molar-refractivity contribution in [2.24, 2.45) is 0 Å². The van der Waals surface area contributed by atoms with Gasteiger partial charge < -0.3 is 4.90 Å². The normalized spacial score (nSPS) is 15.5. The molecule has 0 aliphatic carbocycles. The third-order valence-electron chi connectivity index (χ3n) is 4.92. The van der Waals surface area contributed by atoms with Crippen LogP contribution in [-0.2, 0) is 12.7 Å². The van der Waals surface area contributed by atoms with Crippen LogP contribution < -0.4 is 0 Å². The summed E-state index contributed by atoms with van der Waals surface area (Å²) < 4.78 is 40.5. The monoisotopic (exact) mass is 435 g/mol. The van der Waals surface area contributed by atoms with Gasteiger partial charge in [0.05, 0.1) is 5.69 Å². The summed E-state index contributed by atoms with van der Waals surface area (Å²) in [6.45, 7) is 4.87. The van der Waals surface area contributed by atoms with Crippen molar-refractivity contribution < 1.29 is 18.0 Å². The molecule has 0 spiro atoms. The Labute approximate surface area is 175 Å². The van der Waals surface area contributed by atoms with Crippen LogP contribution in [-0.4, -0.2) is 56.7 Å². The largest absolute Gasteiger partial charge is 0.433 e. The number of piperazine rings is 1. The van der Waals surface area contributed by atoms with E-state index in [0.717, 1.165) is 41.7 Å². The molecule has 0 N–H and O–H groups in total. The maximum Gasteiger partial charge on any atom is 0.433 e. The van der Waals surface area contributed by atoms with Gasteiger partial charge in [0, 0.05) is 38.1 Å². The second-order valence-corrected chi connectivity index (χ2v) is 7.99. The summed E-state index contributed by atoms with van der Waals surface area (Å²) in [6.07, 6.45) is -4.55. The number of nitrogens with zero attached hydrogens (tertiary/aromatic N) is 5. The molecule has 1 aliphatic heterocycles. The highest BCUT2D eigenvalue weighted by Crippen LogP contribution is 2.32. The molecule has 0 saturated carbocycles. The first kappa shape index (κ1) is 20.5. The van der Waals surface area contributed by atoms with Gasteiger partial charge in [0.2, 0.25) is 5.13 Å².